The number of para-hydroxylation sites is 1. The van der Waals surface area contributed by atoms with E-state index >= 15 is 0 Å². The molecule has 4 aromatic rings. The standard InChI is InChI=1S/C24H16ClN3O4/c25-17-10-15(13-26)7-8-21(17)31-14-24(29)28-19(22-6-3-9-30-22)12-18(27-28)23-11-16-4-1-2-5-20(16)32-23/h1-11,19H,12,14H2/t19-/m1/s1. The summed E-state index contributed by atoms with van der Waals surface area (Å²) in [7, 11) is 0. The number of nitriles is 1. The lowest BCUT2D eigenvalue weighted by atomic mass is 10.1. The summed E-state index contributed by atoms with van der Waals surface area (Å²) in [4.78, 5) is 13.0. The van der Waals surface area contributed by atoms with E-state index in [1.807, 2.05) is 36.4 Å². The molecule has 2 aromatic carbocycles. The molecule has 32 heavy (non-hydrogen) atoms. The van der Waals surface area contributed by atoms with Crippen LogP contribution in [0.1, 0.15) is 29.5 Å². The van der Waals surface area contributed by atoms with Gasteiger partial charge in [0, 0.05) is 11.8 Å². The summed E-state index contributed by atoms with van der Waals surface area (Å²) in [6.07, 6.45) is 2.00. The fourth-order valence-corrected chi connectivity index (χ4v) is 3.84. The number of carbonyl (C=O) groups is 1. The number of furan rings is 2. The van der Waals surface area contributed by atoms with Crippen molar-refractivity contribution in [3.8, 4) is 11.8 Å². The zero-order valence-corrected chi connectivity index (χ0v) is 17.5. The Hall–Kier alpha value is -4.02. The van der Waals surface area contributed by atoms with Gasteiger partial charge in [0.05, 0.1) is 22.9 Å². The van der Waals surface area contributed by atoms with Crippen LogP contribution in [0.25, 0.3) is 11.0 Å². The van der Waals surface area contributed by atoms with E-state index < -0.39 is 6.04 Å². The van der Waals surface area contributed by atoms with E-state index in [1.165, 1.54) is 11.1 Å². The van der Waals surface area contributed by atoms with Crippen LogP contribution in [0.5, 0.6) is 5.75 Å². The third kappa shape index (κ3) is 3.72. The van der Waals surface area contributed by atoms with Crippen molar-refractivity contribution < 1.29 is 18.4 Å². The summed E-state index contributed by atoms with van der Waals surface area (Å²) in [6, 6.07) is 19.4. The molecule has 7 nitrogen and oxygen atoms in total. The molecule has 0 bridgehead atoms. The molecule has 0 saturated heterocycles. The Kier molecular flexibility index (Phi) is 5.13. The van der Waals surface area contributed by atoms with Crippen LogP contribution >= 0.6 is 11.6 Å². The second kappa shape index (κ2) is 8.25. The number of ether oxygens (including phenoxy) is 1. The molecular weight excluding hydrogens is 430 g/mol. The van der Waals surface area contributed by atoms with Crippen molar-refractivity contribution in [1.29, 1.82) is 5.26 Å². The fraction of sp³-hybridized carbons (Fsp3) is 0.125. The van der Waals surface area contributed by atoms with Gasteiger partial charge in [-0.25, -0.2) is 5.01 Å². The van der Waals surface area contributed by atoms with Crippen molar-refractivity contribution in [1.82, 2.24) is 5.01 Å². The maximum absolute atomic E-state index is 13.0. The molecule has 0 aliphatic carbocycles. The Balaban J connectivity index is 1.40. The number of benzene rings is 2. The Bertz CT molecular complexity index is 1330. The molecule has 158 valence electrons. The van der Waals surface area contributed by atoms with Crippen LogP contribution < -0.4 is 4.74 Å². The first-order chi connectivity index (χ1) is 15.6. The molecule has 0 radical (unpaired) electrons. The lowest BCUT2D eigenvalue weighted by molar-refractivity contribution is -0.135. The van der Waals surface area contributed by atoms with Crippen LogP contribution in [-0.2, 0) is 4.79 Å². The van der Waals surface area contributed by atoms with E-state index in [-0.39, 0.29) is 17.5 Å². The molecule has 0 unspecified atom stereocenters. The second-order valence-corrected chi connectivity index (χ2v) is 7.62. The Morgan fingerprint density at radius 3 is 2.84 bits per heavy atom. The van der Waals surface area contributed by atoms with Gasteiger partial charge in [0.1, 0.15) is 28.8 Å². The van der Waals surface area contributed by atoms with Crippen molar-refractivity contribution in [3.63, 3.8) is 0 Å². The third-order valence-corrected chi connectivity index (χ3v) is 5.45. The van der Waals surface area contributed by atoms with E-state index in [2.05, 4.69) is 5.10 Å². The highest BCUT2D eigenvalue weighted by atomic mass is 35.5. The number of carbonyl (C=O) groups excluding carboxylic acids is 1. The minimum atomic E-state index is -0.416. The predicted octanol–water partition coefficient (Wildman–Crippen LogP) is 5.31. The summed E-state index contributed by atoms with van der Waals surface area (Å²) in [6.45, 7) is -0.278. The number of halogens is 1. The first-order valence-corrected chi connectivity index (χ1v) is 10.2. The molecule has 1 atom stereocenters. The van der Waals surface area contributed by atoms with Gasteiger partial charge in [0.25, 0.3) is 5.91 Å². The summed E-state index contributed by atoms with van der Waals surface area (Å²) in [5.41, 5.74) is 1.81. The van der Waals surface area contributed by atoms with Crippen LogP contribution in [0.15, 0.2) is 80.9 Å². The van der Waals surface area contributed by atoms with Crippen molar-refractivity contribution >= 4 is 34.2 Å². The number of rotatable bonds is 5. The zero-order chi connectivity index (χ0) is 22.1. The monoisotopic (exact) mass is 445 g/mol. The molecule has 0 saturated carbocycles. The molecule has 1 aliphatic heterocycles. The molecule has 3 heterocycles. The van der Waals surface area contributed by atoms with E-state index in [0.717, 1.165) is 11.0 Å². The van der Waals surface area contributed by atoms with Crippen LogP contribution in [-0.4, -0.2) is 23.2 Å². The lowest BCUT2D eigenvalue weighted by Crippen LogP contribution is -2.31. The summed E-state index contributed by atoms with van der Waals surface area (Å²) in [5.74, 6) is 1.17. The molecule has 1 amide bonds. The van der Waals surface area contributed by atoms with Gasteiger partial charge in [0.15, 0.2) is 12.4 Å². The van der Waals surface area contributed by atoms with E-state index in [9.17, 15) is 4.79 Å². The third-order valence-electron chi connectivity index (χ3n) is 5.16. The number of hydrazone groups is 1. The van der Waals surface area contributed by atoms with Crippen molar-refractivity contribution in [2.24, 2.45) is 5.10 Å². The fourth-order valence-electron chi connectivity index (χ4n) is 3.61. The molecular formula is C24H16ClN3O4. The van der Waals surface area contributed by atoms with Crippen LogP contribution in [0.3, 0.4) is 0 Å². The summed E-state index contributed by atoms with van der Waals surface area (Å²) < 4.78 is 17.1. The second-order valence-electron chi connectivity index (χ2n) is 7.21. The molecule has 1 aliphatic rings. The van der Waals surface area contributed by atoms with Gasteiger partial charge in [-0.05, 0) is 42.5 Å². The highest BCUT2D eigenvalue weighted by molar-refractivity contribution is 6.32. The predicted molar refractivity (Wildman–Crippen MR) is 117 cm³/mol. The Morgan fingerprint density at radius 2 is 2.09 bits per heavy atom. The van der Waals surface area contributed by atoms with E-state index in [4.69, 9.17) is 30.4 Å². The summed E-state index contributed by atoms with van der Waals surface area (Å²) in [5, 5.41) is 16.1. The number of nitrogens with zero attached hydrogens (tertiary/aromatic N) is 3. The Labute approximate surface area is 188 Å². The average molecular weight is 446 g/mol. The molecule has 0 spiro atoms. The first kappa shape index (κ1) is 19.9. The van der Waals surface area contributed by atoms with Crippen LogP contribution in [0.4, 0.5) is 0 Å². The van der Waals surface area contributed by atoms with Crippen LogP contribution in [0.2, 0.25) is 5.02 Å². The van der Waals surface area contributed by atoms with Crippen molar-refractivity contribution in [2.45, 2.75) is 12.5 Å². The largest absolute Gasteiger partial charge is 0.482 e. The highest BCUT2D eigenvalue weighted by Gasteiger charge is 2.36. The number of fused-ring (bicyclic) bond motifs is 1. The average Bonchev–Trinajstić information content (AvgIpc) is 3.56. The lowest BCUT2D eigenvalue weighted by Gasteiger charge is -2.20. The quantitative estimate of drug-likeness (QED) is 0.415. The molecule has 0 N–H and O–H groups in total. The number of hydrogen-bond donors (Lipinski definition) is 0. The van der Waals surface area contributed by atoms with Gasteiger partial charge < -0.3 is 13.6 Å². The molecule has 0 fully saturated rings. The summed E-state index contributed by atoms with van der Waals surface area (Å²) >= 11 is 6.15. The van der Waals surface area contributed by atoms with Crippen LogP contribution in [0, 0.1) is 11.3 Å². The molecule has 5 rings (SSSR count). The Morgan fingerprint density at radius 1 is 1.22 bits per heavy atom. The van der Waals surface area contributed by atoms with Gasteiger partial charge in [-0.2, -0.15) is 10.4 Å². The minimum absolute atomic E-state index is 0.257. The van der Waals surface area contributed by atoms with Crippen molar-refractivity contribution in [2.75, 3.05) is 6.61 Å². The topological polar surface area (TPSA) is 92.0 Å². The van der Waals surface area contributed by atoms with Gasteiger partial charge in [-0.15, -0.1) is 0 Å². The SMILES string of the molecule is N#Cc1ccc(OCC(=O)N2N=C(c3cc4ccccc4o3)C[C@@H]2c2ccco2)c(Cl)c1. The highest BCUT2D eigenvalue weighted by Crippen LogP contribution is 2.34. The van der Waals surface area contributed by atoms with E-state index in [0.29, 0.717) is 35.0 Å². The smallest absolute Gasteiger partial charge is 0.281 e. The van der Waals surface area contributed by atoms with Gasteiger partial charge in [0.2, 0.25) is 0 Å². The first-order valence-electron chi connectivity index (χ1n) is 9.87. The van der Waals surface area contributed by atoms with Crippen molar-refractivity contribution in [3.05, 3.63) is 89.0 Å². The molecule has 8 heteroatoms. The molecule has 2 aromatic heterocycles. The normalized spacial score (nSPS) is 15.6. The maximum atomic E-state index is 13.0. The number of amides is 1. The minimum Gasteiger partial charge on any atom is -0.482 e. The van der Waals surface area contributed by atoms with Gasteiger partial charge in [-0.1, -0.05) is 29.8 Å². The van der Waals surface area contributed by atoms with Gasteiger partial charge >= 0.3 is 0 Å². The van der Waals surface area contributed by atoms with E-state index in [1.54, 1.807) is 30.5 Å². The van der Waals surface area contributed by atoms with Gasteiger partial charge in [-0.3, -0.25) is 4.79 Å². The maximum Gasteiger partial charge on any atom is 0.281 e. The zero-order valence-electron chi connectivity index (χ0n) is 16.7. The number of hydrogen-bond acceptors (Lipinski definition) is 6.